The Kier molecular flexibility index (Phi) is 11.6. The van der Waals surface area contributed by atoms with Crippen molar-refractivity contribution in [3.63, 3.8) is 0 Å². The lowest BCUT2D eigenvalue weighted by Gasteiger charge is -2.40. The van der Waals surface area contributed by atoms with Crippen molar-refractivity contribution >= 4 is 40.4 Å². The molecule has 0 aliphatic rings. The lowest BCUT2D eigenvalue weighted by Crippen LogP contribution is -2.60. The molecule has 4 aromatic carbocycles. The molecule has 3 atom stereocenters. The topological polar surface area (TPSA) is 215 Å². The fraction of sp³-hybridized carbons (Fsp3) is 0.205. The van der Waals surface area contributed by atoms with Gasteiger partial charge in [-0.3, -0.25) is 29.3 Å². The summed E-state index contributed by atoms with van der Waals surface area (Å²) in [6.45, 7) is 0. The zero-order valence-corrected chi connectivity index (χ0v) is 27.9. The molecule has 0 spiro atoms. The molecule has 12 heteroatoms. The SMILES string of the molecule is NC(=O)CC[C@H](NC(=O)[C@H](CC(N)=O)NC(c1ccccc1)(c1ccccc1)c1ccccc1)C(=O)N[C@@H](Cc1c[nH]c2ccccc12)C(N)=O. The largest absolute Gasteiger partial charge is 0.370 e. The van der Waals surface area contributed by atoms with E-state index in [0.717, 1.165) is 33.2 Å². The maximum atomic E-state index is 14.3. The first-order valence-corrected chi connectivity index (χ1v) is 16.5. The molecule has 262 valence electrons. The highest BCUT2D eigenvalue weighted by Crippen LogP contribution is 2.37. The average Bonchev–Trinajstić information content (AvgIpc) is 3.54. The third-order valence-electron chi connectivity index (χ3n) is 8.80. The number of amides is 5. The number of fused-ring (bicyclic) bond motifs is 1. The first-order chi connectivity index (χ1) is 24.6. The van der Waals surface area contributed by atoms with Crippen LogP contribution in [0.25, 0.3) is 10.9 Å². The van der Waals surface area contributed by atoms with E-state index in [4.69, 9.17) is 17.2 Å². The van der Waals surface area contributed by atoms with E-state index in [2.05, 4.69) is 20.9 Å². The van der Waals surface area contributed by atoms with Crippen LogP contribution in [0.2, 0.25) is 0 Å². The number of aromatic amines is 1. The summed E-state index contributed by atoms with van der Waals surface area (Å²) < 4.78 is 0. The Morgan fingerprint density at radius 1 is 0.608 bits per heavy atom. The highest BCUT2D eigenvalue weighted by atomic mass is 16.2. The van der Waals surface area contributed by atoms with Gasteiger partial charge in [-0.25, -0.2) is 0 Å². The molecule has 0 aliphatic carbocycles. The van der Waals surface area contributed by atoms with E-state index >= 15 is 0 Å². The van der Waals surface area contributed by atoms with E-state index in [1.165, 1.54) is 0 Å². The van der Waals surface area contributed by atoms with E-state index in [1.54, 1.807) is 6.20 Å². The van der Waals surface area contributed by atoms with Crippen LogP contribution in [0.3, 0.4) is 0 Å². The average molecular weight is 688 g/mol. The molecule has 10 N–H and O–H groups in total. The molecule has 0 bridgehead atoms. The van der Waals surface area contributed by atoms with Crippen molar-refractivity contribution in [3.8, 4) is 0 Å². The van der Waals surface area contributed by atoms with Crippen LogP contribution in [0.1, 0.15) is 41.5 Å². The fourth-order valence-corrected chi connectivity index (χ4v) is 6.33. The molecule has 5 rings (SSSR count). The van der Waals surface area contributed by atoms with E-state index in [1.807, 2.05) is 115 Å². The predicted molar refractivity (Wildman–Crippen MR) is 193 cm³/mol. The third kappa shape index (κ3) is 8.67. The number of carbonyl (C=O) groups excluding carboxylic acids is 5. The van der Waals surface area contributed by atoms with Crippen LogP contribution in [-0.4, -0.2) is 52.6 Å². The summed E-state index contributed by atoms with van der Waals surface area (Å²) in [5.41, 5.74) is 19.6. The molecule has 0 radical (unpaired) electrons. The summed E-state index contributed by atoms with van der Waals surface area (Å²) >= 11 is 0. The number of aromatic nitrogens is 1. The lowest BCUT2D eigenvalue weighted by atomic mass is 9.76. The van der Waals surface area contributed by atoms with Crippen LogP contribution in [0, 0.1) is 0 Å². The summed E-state index contributed by atoms with van der Waals surface area (Å²) in [6, 6.07) is 32.0. The summed E-state index contributed by atoms with van der Waals surface area (Å²) in [6.07, 6.45) is 0.932. The first-order valence-electron chi connectivity index (χ1n) is 16.5. The Hall–Kier alpha value is -6.27. The summed E-state index contributed by atoms with van der Waals surface area (Å²) in [4.78, 5) is 68.1. The zero-order valence-electron chi connectivity index (χ0n) is 27.9. The van der Waals surface area contributed by atoms with Crippen LogP contribution >= 0.6 is 0 Å². The highest BCUT2D eigenvalue weighted by molar-refractivity contribution is 5.95. The van der Waals surface area contributed by atoms with Gasteiger partial charge in [0.2, 0.25) is 29.5 Å². The second-order valence-electron chi connectivity index (χ2n) is 12.3. The van der Waals surface area contributed by atoms with Gasteiger partial charge in [-0.1, -0.05) is 109 Å². The minimum Gasteiger partial charge on any atom is -0.370 e. The molecule has 51 heavy (non-hydrogen) atoms. The van der Waals surface area contributed by atoms with Crippen molar-refractivity contribution in [2.45, 2.75) is 49.3 Å². The Morgan fingerprint density at radius 3 is 1.61 bits per heavy atom. The van der Waals surface area contributed by atoms with Crippen molar-refractivity contribution in [3.05, 3.63) is 144 Å². The van der Waals surface area contributed by atoms with E-state index in [9.17, 15) is 24.0 Å². The molecule has 0 fully saturated rings. The van der Waals surface area contributed by atoms with E-state index < -0.39 is 59.6 Å². The lowest BCUT2D eigenvalue weighted by molar-refractivity contribution is -0.133. The van der Waals surface area contributed by atoms with Crippen molar-refractivity contribution in [2.75, 3.05) is 0 Å². The number of benzene rings is 4. The summed E-state index contributed by atoms with van der Waals surface area (Å²) in [5.74, 6) is -3.75. The maximum Gasteiger partial charge on any atom is 0.243 e. The van der Waals surface area contributed by atoms with Gasteiger partial charge in [-0.15, -0.1) is 0 Å². The number of rotatable bonds is 17. The standard InChI is InChI=1S/C39H41N7O5/c40-34(47)21-20-31(37(50)45-32(36(42)49)22-25-24-43-30-19-11-10-18-29(25)30)44-38(51)33(23-35(41)48)46-39(26-12-4-1-5-13-26,27-14-6-2-7-15-27)28-16-8-3-9-17-28/h1-19,24,31-33,43,46H,20-23H2,(H2,40,47)(H2,41,48)(H2,42,49)(H,44,51)(H,45,50)/t31-,32-,33-/m0/s1. The highest BCUT2D eigenvalue weighted by Gasteiger charge is 2.41. The van der Waals surface area contributed by atoms with Gasteiger partial charge in [0.1, 0.15) is 12.1 Å². The van der Waals surface area contributed by atoms with Crippen LogP contribution < -0.4 is 33.2 Å². The molecule has 0 unspecified atom stereocenters. The van der Waals surface area contributed by atoms with E-state index in [-0.39, 0.29) is 19.3 Å². The molecule has 1 heterocycles. The maximum absolute atomic E-state index is 14.3. The molecule has 5 aromatic rings. The van der Waals surface area contributed by atoms with Gasteiger partial charge < -0.3 is 32.8 Å². The summed E-state index contributed by atoms with van der Waals surface area (Å²) in [5, 5.41) is 9.65. The van der Waals surface area contributed by atoms with Gasteiger partial charge in [0.05, 0.1) is 18.0 Å². The van der Waals surface area contributed by atoms with Gasteiger partial charge in [-0.2, -0.15) is 0 Å². The first kappa shape index (κ1) is 36.0. The number of nitrogens with two attached hydrogens (primary N) is 3. The number of nitrogens with one attached hydrogen (secondary N) is 4. The van der Waals surface area contributed by atoms with Gasteiger partial charge in [0.25, 0.3) is 0 Å². The second kappa shape index (κ2) is 16.4. The molecule has 12 nitrogen and oxygen atoms in total. The molecular formula is C39H41N7O5. The normalized spacial score (nSPS) is 13.1. The van der Waals surface area contributed by atoms with Crippen LogP contribution in [0.4, 0.5) is 0 Å². The Bertz CT molecular complexity index is 1890. The number of hydrogen-bond donors (Lipinski definition) is 7. The van der Waals surface area contributed by atoms with Gasteiger partial charge in [0.15, 0.2) is 0 Å². The second-order valence-corrected chi connectivity index (χ2v) is 12.3. The molecule has 0 saturated heterocycles. The minimum atomic E-state index is -1.33. The number of para-hydroxylation sites is 1. The predicted octanol–water partition coefficient (Wildman–Crippen LogP) is 2.26. The van der Waals surface area contributed by atoms with Crippen LogP contribution in [0.5, 0.6) is 0 Å². The smallest absolute Gasteiger partial charge is 0.243 e. The number of hydrogen-bond acceptors (Lipinski definition) is 6. The molecule has 5 amide bonds. The molecule has 0 saturated carbocycles. The van der Waals surface area contributed by atoms with Crippen molar-refractivity contribution in [2.24, 2.45) is 17.2 Å². The van der Waals surface area contributed by atoms with Gasteiger partial charge in [0, 0.05) is 29.9 Å². The van der Waals surface area contributed by atoms with Crippen LogP contribution in [-0.2, 0) is 35.9 Å². The van der Waals surface area contributed by atoms with Crippen molar-refractivity contribution in [1.82, 2.24) is 20.9 Å². The Balaban J connectivity index is 1.48. The Morgan fingerprint density at radius 2 is 1.10 bits per heavy atom. The van der Waals surface area contributed by atoms with Gasteiger partial charge >= 0.3 is 0 Å². The van der Waals surface area contributed by atoms with Crippen molar-refractivity contribution < 1.29 is 24.0 Å². The zero-order chi connectivity index (χ0) is 36.4. The van der Waals surface area contributed by atoms with Gasteiger partial charge in [-0.05, 0) is 34.7 Å². The molecule has 0 aliphatic heterocycles. The molecular weight excluding hydrogens is 646 g/mol. The third-order valence-corrected chi connectivity index (χ3v) is 8.80. The number of H-pyrrole nitrogens is 1. The molecule has 1 aromatic heterocycles. The van der Waals surface area contributed by atoms with Crippen molar-refractivity contribution in [1.29, 1.82) is 0 Å². The monoisotopic (exact) mass is 687 g/mol. The number of primary amides is 3. The van der Waals surface area contributed by atoms with E-state index in [0.29, 0.717) is 0 Å². The Labute approximate surface area is 295 Å². The van der Waals surface area contributed by atoms with Crippen LogP contribution in [0.15, 0.2) is 121 Å². The summed E-state index contributed by atoms with van der Waals surface area (Å²) in [7, 11) is 0. The number of carbonyl (C=O) groups is 5. The fourth-order valence-electron chi connectivity index (χ4n) is 6.33. The quantitative estimate of drug-likeness (QED) is 0.0728. The minimum absolute atomic E-state index is 0.0706.